The maximum Gasteiger partial charge on any atom is 0.120 e. The molecule has 0 unspecified atom stereocenters. The van der Waals surface area contributed by atoms with Crippen LogP contribution in [0.5, 0.6) is 0 Å². The second kappa shape index (κ2) is 6.26. The van der Waals surface area contributed by atoms with Gasteiger partial charge in [0, 0.05) is 26.7 Å². The number of carbonyl (C=O) groups is 1. The molecule has 0 aromatic carbocycles. The minimum Gasteiger partial charge on any atom is -0.303 e. The van der Waals surface area contributed by atoms with Crippen LogP contribution in [0.1, 0.15) is 19.3 Å². The van der Waals surface area contributed by atoms with Crippen molar-refractivity contribution in [1.82, 2.24) is 5.01 Å². The van der Waals surface area contributed by atoms with E-state index >= 15 is 0 Å². The lowest BCUT2D eigenvalue weighted by molar-refractivity contribution is -0.107. The van der Waals surface area contributed by atoms with Crippen LogP contribution in [-0.4, -0.2) is 31.6 Å². The van der Waals surface area contributed by atoms with E-state index in [1.165, 1.54) is 0 Å². The van der Waals surface area contributed by atoms with E-state index in [0.29, 0.717) is 6.42 Å². The number of rotatable bonds is 5. The van der Waals surface area contributed by atoms with Crippen molar-refractivity contribution < 1.29 is 4.79 Å². The van der Waals surface area contributed by atoms with Crippen molar-refractivity contribution in [2.75, 3.05) is 14.1 Å². The van der Waals surface area contributed by atoms with Gasteiger partial charge in [-0.05, 0) is 12.8 Å². The van der Waals surface area contributed by atoms with Crippen molar-refractivity contribution in [3.05, 3.63) is 0 Å². The number of hydrogen-bond acceptors (Lipinski definition) is 3. The van der Waals surface area contributed by atoms with E-state index in [4.69, 9.17) is 0 Å². The Bertz CT molecular complexity index is 110. The van der Waals surface area contributed by atoms with Gasteiger partial charge in [0.05, 0.1) is 0 Å². The van der Waals surface area contributed by atoms with Crippen molar-refractivity contribution in [3.8, 4) is 0 Å². The van der Waals surface area contributed by atoms with Gasteiger partial charge in [0.25, 0.3) is 0 Å². The normalized spacial score (nSPS) is 10.2. The van der Waals surface area contributed by atoms with Crippen molar-refractivity contribution in [3.63, 3.8) is 0 Å². The molecule has 0 N–H and O–H groups in total. The van der Waals surface area contributed by atoms with Gasteiger partial charge in [0.2, 0.25) is 0 Å². The van der Waals surface area contributed by atoms with Gasteiger partial charge in [-0.1, -0.05) is 0 Å². The maximum absolute atomic E-state index is 9.85. The van der Waals surface area contributed by atoms with Crippen molar-refractivity contribution in [2.45, 2.75) is 19.3 Å². The molecule has 0 saturated carbocycles. The van der Waals surface area contributed by atoms with E-state index < -0.39 is 0 Å². The average Bonchev–Trinajstić information content (AvgIpc) is 1.87. The number of aldehydes is 1. The van der Waals surface area contributed by atoms with Crippen LogP contribution >= 0.6 is 0 Å². The molecule has 0 atom stereocenters. The van der Waals surface area contributed by atoms with Crippen LogP contribution in [0.15, 0.2) is 5.10 Å². The number of nitrogens with zero attached hydrogens (tertiary/aromatic N) is 2. The third kappa shape index (κ3) is 7.14. The molecular formula is C7H14N2O. The fourth-order valence-electron chi connectivity index (χ4n) is 0.514. The molecule has 0 heterocycles. The van der Waals surface area contributed by atoms with Gasteiger partial charge < -0.3 is 9.80 Å². The zero-order chi connectivity index (χ0) is 7.82. The molecule has 0 aliphatic rings. The summed E-state index contributed by atoms with van der Waals surface area (Å²) in [6.07, 6.45) is 5.18. The molecule has 0 bridgehead atoms. The average molecular weight is 142 g/mol. The Morgan fingerprint density at radius 1 is 1.40 bits per heavy atom. The summed E-state index contributed by atoms with van der Waals surface area (Å²) in [6.45, 7) is 0. The van der Waals surface area contributed by atoms with E-state index in [1.54, 1.807) is 5.01 Å². The van der Waals surface area contributed by atoms with Gasteiger partial charge in [-0.3, -0.25) is 0 Å². The van der Waals surface area contributed by atoms with E-state index in [2.05, 4.69) is 5.10 Å². The van der Waals surface area contributed by atoms with Crippen LogP contribution in [0.25, 0.3) is 0 Å². The predicted molar refractivity (Wildman–Crippen MR) is 42.1 cm³/mol. The standard InChI is InChI=1S/C7H14N2O/c1-9(2)8-6-4-3-5-7-10/h6-7H,3-5H2,1-2H3. The van der Waals surface area contributed by atoms with Crippen molar-refractivity contribution >= 4 is 12.5 Å². The summed E-state index contributed by atoms with van der Waals surface area (Å²) < 4.78 is 0. The van der Waals surface area contributed by atoms with Crippen molar-refractivity contribution in [1.29, 1.82) is 0 Å². The molecule has 0 saturated heterocycles. The van der Waals surface area contributed by atoms with Crippen LogP contribution in [0.2, 0.25) is 0 Å². The lowest BCUT2D eigenvalue weighted by Crippen LogP contribution is -2.01. The maximum atomic E-state index is 9.85. The first-order valence-electron chi connectivity index (χ1n) is 3.40. The molecule has 10 heavy (non-hydrogen) atoms. The third-order valence-corrected chi connectivity index (χ3v) is 0.968. The second-order valence-corrected chi connectivity index (χ2v) is 2.24. The summed E-state index contributed by atoms with van der Waals surface area (Å²) in [5.41, 5.74) is 0. The number of hydrogen-bond donors (Lipinski definition) is 0. The van der Waals surface area contributed by atoms with Crippen LogP contribution in [-0.2, 0) is 4.79 Å². The highest BCUT2D eigenvalue weighted by Crippen LogP contribution is 1.88. The Kier molecular flexibility index (Phi) is 5.72. The van der Waals surface area contributed by atoms with Crippen LogP contribution in [0, 0.1) is 0 Å². The fraction of sp³-hybridized carbons (Fsp3) is 0.714. The molecule has 0 radical (unpaired) electrons. The molecule has 0 aromatic rings. The number of carbonyl (C=O) groups excluding carboxylic acids is 1. The third-order valence-electron chi connectivity index (χ3n) is 0.968. The first-order valence-corrected chi connectivity index (χ1v) is 3.40. The SMILES string of the molecule is CN(C)N=CCCCC=O. The summed E-state index contributed by atoms with van der Waals surface area (Å²) in [6, 6.07) is 0. The molecule has 0 spiro atoms. The molecule has 0 aliphatic carbocycles. The molecule has 0 amide bonds. The van der Waals surface area contributed by atoms with Gasteiger partial charge in [-0.25, -0.2) is 0 Å². The van der Waals surface area contributed by atoms with Crippen molar-refractivity contribution in [2.24, 2.45) is 5.10 Å². The zero-order valence-electron chi connectivity index (χ0n) is 6.58. The van der Waals surface area contributed by atoms with E-state index in [-0.39, 0.29) is 0 Å². The van der Waals surface area contributed by atoms with Gasteiger partial charge in [-0.15, -0.1) is 0 Å². The Balaban J connectivity index is 3.10. The van der Waals surface area contributed by atoms with Gasteiger partial charge in [-0.2, -0.15) is 5.10 Å². The number of hydrazone groups is 1. The largest absolute Gasteiger partial charge is 0.303 e. The first-order chi connectivity index (χ1) is 4.77. The topological polar surface area (TPSA) is 32.7 Å². The highest BCUT2D eigenvalue weighted by molar-refractivity contribution is 5.58. The molecule has 0 rings (SSSR count). The zero-order valence-corrected chi connectivity index (χ0v) is 6.58. The molecule has 0 fully saturated rings. The molecule has 58 valence electrons. The molecule has 3 nitrogen and oxygen atoms in total. The lowest BCUT2D eigenvalue weighted by Gasteiger charge is -2.00. The Morgan fingerprint density at radius 2 is 2.10 bits per heavy atom. The summed E-state index contributed by atoms with van der Waals surface area (Å²) in [5, 5.41) is 5.73. The second-order valence-electron chi connectivity index (χ2n) is 2.24. The molecular weight excluding hydrogens is 128 g/mol. The van der Waals surface area contributed by atoms with Crippen LogP contribution in [0.4, 0.5) is 0 Å². The van der Waals surface area contributed by atoms with Gasteiger partial charge in [0.1, 0.15) is 6.29 Å². The lowest BCUT2D eigenvalue weighted by atomic mass is 10.3. The highest BCUT2D eigenvalue weighted by Gasteiger charge is 1.82. The van der Waals surface area contributed by atoms with E-state index in [9.17, 15) is 4.79 Å². The summed E-state index contributed by atoms with van der Waals surface area (Å²) in [4.78, 5) is 9.85. The van der Waals surface area contributed by atoms with E-state index in [1.807, 2.05) is 20.3 Å². The smallest absolute Gasteiger partial charge is 0.120 e. The van der Waals surface area contributed by atoms with Gasteiger partial charge >= 0.3 is 0 Å². The first kappa shape index (κ1) is 9.14. The Hall–Kier alpha value is -0.860. The molecule has 0 aliphatic heterocycles. The Labute approximate surface area is 61.7 Å². The summed E-state index contributed by atoms with van der Waals surface area (Å²) in [7, 11) is 3.74. The summed E-state index contributed by atoms with van der Waals surface area (Å²) in [5.74, 6) is 0. The van der Waals surface area contributed by atoms with Gasteiger partial charge in [0.15, 0.2) is 0 Å². The van der Waals surface area contributed by atoms with Crippen LogP contribution in [0.3, 0.4) is 0 Å². The predicted octanol–water partition coefficient (Wildman–Crippen LogP) is 0.903. The fourth-order valence-corrected chi connectivity index (χ4v) is 0.514. The molecule has 3 heteroatoms. The number of unbranched alkanes of at least 4 members (excludes halogenated alkanes) is 2. The summed E-state index contributed by atoms with van der Waals surface area (Å²) >= 11 is 0. The monoisotopic (exact) mass is 142 g/mol. The van der Waals surface area contributed by atoms with Crippen LogP contribution < -0.4 is 0 Å². The Morgan fingerprint density at radius 3 is 2.60 bits per heavy atom. The minimum absolute atomic E-state index is 0.638. The minimum atomic E-state index is 0.638. The molecule has 0 aromatic heterocycles. The van der Waals surface area contributed by atoms with E-state index in [0.717, 1.165) is 19.1 Å². The highest BCUT2D eigenvalue weighted by atomic mass is 16.1. The quantitative estimate of drug-likeness (QED) is 0.247.